The van der Waals surface area contributed by atoms with Crippen molar-refractivity contribution in [1.82, 2.24) is 5.32 Å². The smallest absolute Gasteiger partial charge is 0.339 e. The van der Waals surface area contributed by atoms with Gasteiger partial charge in [0.2, 0.25) is 5.91 Å². The van der Waals surface area contributed by atoms with Crippen molar-refractivity contribution in [2.24, 2.45) is 0 Å². The minimum atomic E-state index is -1.07. The standard InChI is InChI=1S/C18H21NO6/c1-3-4-14(17(22)23)19-16(21)8-7-13-10(2)12-6-5-11(20)9-15(12)25-18(13)24/h5-6,9,14,20H,3-4,7-8H2,1-2H3,(H,19,21)(H,22,23)/t14-/m1/s1. The van der Waals surface area contributed by atoms with Gasteiger partial charge in [-0.3, -0.25) is 4.79 Å². The van der Waals surface area contributed by atoms with Crippen LogP contribution in [0.3, 0.4) is 0 Å². The van der Waals surface area contributed by atoms with Gasteiger partial charge in [-0.15, -0.1) is 0 Å². The first-order chi connectivity index (χ1) is 11.8. The summed E-state index contributed by atoms with van der Waals surface area (Å²) in [5.74, 6) is -1.50. The number of hydrogen-bond acceptors (Lipinski definition) is 5. The first-order valence-corrected chi connectivity index (χ1v) is 8.11. The number of carboxylic acids is 1. The maximum Gasteiger partial charge on any atom is 0.339 e. The molecule has 2 rings (SSSR count). The van der Waals surface area contributed by atoms with Gasteiger partial charge in [0.15, 0.2) is 0 Å². The van der Waals surface area contributed by atoms with Crippen molar-refractivity contribution in [3.05, 3.63) is 39.7 Å². The van der Waals surface area contributed by atoms with Crippen LogP contribution in [0.4, 0.5) is 0 Å². The second-order valence-electron chi connectivity index (χ2n) is 5.92. The number of aromatic hydroxyl groups is 1. The third kappa shape index (κ3) is 4.37. The van der Waals surface area contributed by atoms with E-state index in [0.29, 0.717) is 29.4 Å². The molecule has 0 spiro atoms. The lowest BCUT2D eigenvalue weighted by atomic mass is 10.0. The number of carboxylic acid groups (broad SMARTS) is 1. The summed E-state index contributed by atoms with van der Waals surface area (Å²) in [6.45, 7) is 3.59. The second-order valence-corrected chi connectivity index (χ2v) is 5.92. The van der Waals surface area contributed by atoms with Crippen molar-refractivity contribution in [2.75, 3.05) is 0 Å². The normalized spacial score (nSPS) is 12.1. The number of rotatable bonds is 7. The molecule has 1 amide bonds. The van der Waals surface area contributed by atoms with Crippen molar-refractivity contribution in [3.8, 4) is 5.75 Å². The average molecular weight is 347 g/mol. The van der Waals surface area contributed by atoms with Crippen LogP contribution in [0, 0.1) is 6.92 Å². The Bertz CT molecular complexity index is 855. The summed E-state index contributed by atoms with van der Waals surface area (Å²) in [5.41, 5.74) is 0.773. The van der Waals surface area contributed by atoms with Crippen LogP contribution in [0.15, 0.2) is 27.4 Å². The molecule has 0 aliphatic rings. The highest BCUT2D eigenvalue weighted by Crippen LogP contribution is 2.23. The highest BCUT2D eigenvalue weighted by molar-refractivity contribution is 5.84. The molecule has 0 bridgehead atoms. The Morgan fingerprint density at radius 1 is 1.32 bits per heavy atom. The van der Waals surface area contributed by atoms with Gasteiger partial charge in [-0.05, 0) is 37.5 Å². The Morgan fingerprint density at radius 2 is 2.04 bits per heavy atom. The predicted molar refractivity (Wildman–Crippen MR) is 91.7 cm³/mol. The van der Waals surface area contributed by atoms with Crippen LogP contribution in [0.2, 0.25) is 0 Å². The quantitative estimate of drug-likeness (QED) is 0.661. The highest BCUT2D eigenvalue weighted by atomic mass is 16.4. The van der Waals surface area contributed by atoms with Crippen LogP contribution in [0.1, 0.15) is 37.3 Å². The number of benzene rings is 1. The number of carbonyl (C=O) groups is 2. The third-order valence-electron chi connectivity index (χ3n) is 4.08. The number of fused-ring (bicyclic) bond motifs is 1. The molecule has 0 aliphatic heterocycles. The lowest BCUT2D eigenvalue weighted by Crippen LogP contribution is -2.40. The Hall–Kier alpha value is -2.83. The number of amides is 1. The van der Waals surface area contributed by atoms with E-state index in [1.54, 1.807) is 13.0 Å². The molecule has 0 saturated carbocycles. The topological polar surface area (TPSA) is 117 Å². The van der Waals surface area contributed by atoms with Crippen molar-refractivity contribution < 1.29 is 24.2 Å². The van der Waals surface area contributed by atoms with Gasteiger partial charge in [0.25, 0.3) is 0 Å². The molecule has 0 aliphatic carbocycles. The Labute approximate surface area is 144 Å². The number of phenolic OH excluding ortho intramolecular Hbond substituents is 1. The fraction of sp³-hybridized carbons (Fsp3) is 0.389. The summed E-state index contributed by atoms with van der Waals surface area (Å²) in [5, 5.41) is 21.7. The molecule has 2 aromatic rings. The summed E-state index contributed by atoms with van der Waals surface area (Å²) >= 11 is 0. The molecule has 0 radical (unpaired) electrons. The van der Waals surface area contributed by atoms with Crippen LogP contribution in [0.25, 0.3) is 11.0 Å². The van der Waals surface area contributed by atoms with Gasteiger partial charge in [0.05, 0.1) is 0 Å². The summed E-state index contributed by atoms with van der Waals surface area (Å²) in [6, 6.07) is 3.58. The van der Waals surface area contributed by atoms with E-state index in [4.69, 9.17) is 9.52 Å². The summed E-state index contributed by atoms with van der Waals surface area (Å²) < 4.78 is 5.20. The van der Waals surface area contributed by atoms with E-state index in [2.05, 4.69) is 5.32 Å². The zero-order chi connectivity index (χ0) is 18.6. The number of phenols is 1. The fourth-order valence-electron chi connectivity index (χ4n) is 2.72. The van der Waals surface area contributed by atoms with Gasteiger partial charge in [0, 0.05) is 23.4 Å². The van der Waals surface area contributed by atoms with E-state index in [1.165, 1.54) is 12.1 Å². The predicted octanol–water partition coefficient (Wildman–Crippen LogP) is 2.11. The van der Waals surface area contributed by atoms with E-state index in [1.807, 2.05) is 6.92 Å². The van der Waals surface area contributed by atoms with Crippen LogP contribution >= 0.6 is 0 Å². The Kier molecular flexibility index (Phi) is 5.80. The molecule has 0 unspecified atom stereocenters. The summed E-state index contributed by atoms with van der Waals surface area (Å²) in [4.78, 5) is 35.2. The minimum Gasteiger partial charge on any atom is -0.508 e. The molecule has 1 aromatic heterocycles. The molecule has 1 atom stereocenters. The van der Waals surface area contributed by atoms with Gasteiger partial charge in [-0.25, -0.2) is 9.59 Å². The molecule has 7 heteroatoms. The maximum atomic E-state index is 12.1. The van der Waals surface area contributed by atoms with E-state index in [-0.39, 0.29) is 24.2 Å². The average Bonchev–Trinajstić information content (AvgIpc) is 2.53. The number of carbonyl (C=O) groups excluding carboxylic acids is 1. The van der Waals surface area contributed by atoms with E-state index < -0.39 is 23.5 Å². The number of hydrogen-bond donors (Lipinski definition) is 3. The van der Waals surface area contributed by atoms with Crippen LogP contribution in [-0.2, 0) is 16.0 Å². The van der Waals surface area contributed by atoms with Gasteiger partial charge in [-0.2, -0.15) is 0 Å². The lowest BCUT2D eigenvalue weighted by Gasteiger charge is -2.13. The molecule has 3 N–H and O–H groups in total. The van der Waals surface area contributed by atoms with Gasteiger partial charge in [0.1, 0.15) is 17.4 Å². The fourth-order valence-corrected chi connectivity index (χ4v) is 2.72. The van der Waals surface area contributed by atoms with Gasteiger partial charge in [-0.1, -0.05) is 13.3 Å². The molecule has 0 saturated heterocycles. The first-order valence-electron chi connectivity index (χ1n) is 8.11. The van der Waals surface area contributed by atoms with Gasteiger partial charge >= 0.3 is 11.6 Å². The van der Waals surface area contributed by atoms with E-state index >= 15 is 0 Å². The number of aliphatic carboxylic acids is 1. The third-order valence-corrected chi connectivity index (χ3v) is 4.08. The molecule has 1 heterocycles. The Balaban J connectivity index is 2.15. The molecule has 0 fully saturated rings. The first kappa shape index (κ1) is 18.5. The number of nitrogens with one attached hydrogen (secondary N) is 1. The van der Waals surface area contributed by atoms with Crippen molar-refractivity contribution >= 4 is 22.8 Å². The van der Waals surface area contributed by atoms with Crippen molar-refractivity contribution in [2.45, 2.75) is 45.6 Å². The molecule has 1 aromatic carbocycles. The van der Waals surface area contributed by atoms with E-state index in [0.717, 1.165) is 0 Å². The van der Waals surface area contributed by atoms with Crippen molar-refractivity contribution in [3.63, 3.8) is 0 Å². The molecule has 134 valence electrons. The molecule has 7 nitrogen and oxygen atoms in total. The highest BCUT2D eigenvalue weighted by Gasteiger charge is 2.19. The summed E-state index contributed by atoms with van der Waals surface area (Å²) in [6.07, 6.45) is 1.12. The molecule has 25 heavy (non-hydrogen) atoms. The second kappa shape index (κ2) is 7.83. The number of aryl methyl sites for hydroxylation is 1. The summed E-state index contributed by atoms with van der Waals surface area (Å²) in [7, 11) is 0. The van der Waals surface area contributed by atoms with Crippen molar-refractivity contribution in [1.29, 1.82) is 0 Å². The largest absolute Gasteiger partial charge is 0.508 e. The minimum absolute atomic E-state index is 0.00202. The zero-order valence-electron chi connectivity index (χ0n) is 14.2. The van der Waals surface area contributed by atoms with Crippen LogP contribution in [0.5, 0.6) is 5.75 Å². The molecular formula is C18H21NO6. The SMILES string of the molecule is CCC[C@@H](NC(=O)CCc1c(C)c2ccc(O)cc2oc1=O)C(=O)O. The van der Waals surface area contributed by atoms with Gasteiger partial charge < -0.3 is 19.9 Å². The Morgan fingerprint density at radius 3 is 2.68 bits per heavy atom. The lowest BCUT2D eigenvalue weighted by molar-refractivity contribution is -0.142. The molecular weight excluding hydrogens is 326 g/mol. The zero-order valence-corrected chi connectivity index (χ0v) is 14.2. The van der Waals surface area contributed by atoms with Crippen LogP contribution in [-0.4, -0.2) is 28.1 Å². The monoisotopic (exact) mass is 347 g/mol. The van der Waals surface area contributed by atoms with Crippen LogP contribution < -0.4 is 10.9 Å². The maximum absolute atomic E-state index is 12.1. The van der Waals surface area contributed by atoms with E-state index in [9.17, 15) is 19.5 Å².